The summed E-state index contributed by atoms with van der Waals surface area (Å²) in [6, 6.07) is 10.6. The third-order valence-corrected chi connectivity index (χ3v) is 4.56. The van der Waals surface area contributed by atoms with Crippen molar-refractivity contribution in [2.24, 2.45) is 0 Å². The number of carbonyl (C=O) groups excluding carboxylic acids is 3. The molecule has 6 nitrogen and oxygen atoms in total. The SMILES string of the molecule is COc1ccccc1CCNC(=O)COC(=O)c1ccc(C(C)=O)s1. The average molecular weight is 361 g/mol. The highest BCUT2D eigenvalue weighted by molar-refractivity contribution is 7.15. The lowest BCUT2D eigenvalue weighted by molar-refractivity contribution is -0.124. The zero-order chi connectivity index (χ0) is 18.2. The summed E-state index contributed by atoms with van der Waals surface area (Å²) < 4.78 is 10.2. The summed E-state index contributed by atoms with van der Waals surface area (Å²) in [5.41, 5.74) is 0.984. The van der Waals surface area contributed by atoms with Crippen LogP contribution < -0.4 is 10.1 Å². The van der Waals surface area contributed by atoms with E-state index in [0.29, 0.717) is 22.7 Å². The maximum Gasteiger partial charge on any atom is 0.348 e. The van der Waals surface area contributed by atoms with Crippen LogP contribution in [0.5, 0.6) is 5.75 Å². The Morgan fingerprint density at radius 3 is 2.48 bits per heavy atom. The van der Waals surface area contributed by atoms with Gasteiger partial charge >= 0.3 is 5.97 Å². The Morgan fingerprint density at radius 1 is 1.08 bits per heavy atom. The quantitative estimate of drug-likeness (QED) is 0.577. The Bertz CT molecular complexity index is 768. The van der Waals surface area contributed by atoms with Gasteiger partial charge in [-0.2, -0.15) is 0 Å². The van der Waals surface area contributed by atoms with Gasteiger partial charge in [0.1, 0.15) is 10.6 Å². The van der Waals surface area contributed by atoms with Crippen LogP contribution in [0.1, 0.15) is 31.8 Å². The molecule has 0 atom stereocenters. The number of nitrogens with one attached hydrogen (secondary N) is 1. The number of hydrogen-bond donors (Lipinski definition) is 1. The molecule has 25 heavy (non-hydrogen) atoms. The van der Waals surface area contributed by atoms with E-state index in [4.69, 9.17) is 9.47 Å². The van der Waals surface area contributed by atoms with E-state index in [1.54, 1.807) is 13.2 Å². The Labute approximate surface area is 149 Å². The molecule has 132 valence electrons. The minimum absolute atomic E-state index is 0.113. The van der Waals surface area contributed by atoms with Crippen LogP contribution >= 0.6 is 11.3 Å². The lowest BCUT2D eigenvalue weighted by atomic mass is 10.1. The van der Waals surface area contributed by atoms with Gasteiger partial charge in [0.05, 0.1) is 12.0 Å². The van der Waals surface area contributed by atoms with Crippen LogP contribution in [-0.2, 0) is 16.0 Å². The molecule has 0 aliphatic rings. The van der Waals surface area contributed by atoms with Gasteiger partial charge in [-0.15, -0.1) is 11.3 Å². The molecule has 1 aromatic carbocycles. The maximum atomic E-state index is 11.8. The summed E-state index contributed by atoms with van der Waals surface area (Å²) in [7, 11) is 1.60. The number of para-hydroxylation sites is 1. The number of methoxy groups -OCH3 is 1. The van der Waals surface area contributed by atoms with E-state index in [0.717, 1.165) is 22.6 Å². The molecule has 1 aromatic heterocycles. The molecular weight excluding hydrogens is 342 g/mol. The molecule has 0 unspecified atom stereocenters. The smallest absolute Gasteiger partial charge is 0.348 e. The normalized spacial score (nSPS) is 10.2. The Kier molecular flexibility index (Phi) is 6.71. The molecule has 0 bridgehead atoms. The molecule has 7 heteroatoms. The molecule has 0 aliphatic carbocycles. The van der Waals surface area contributed by atoms with Crippen LogP contribution in [-0.4, -0.2) is 37.9 Å². The fourth-order valence-electron chi connectivity index (χ4n) is 2.14. The Balaban J connectivity index is 1.74. The number of amides is 1. The predicted molar refractivity (Wildman–Crippen MR) is 94.3 cm³/mol. The van der Waals surface area contributed by atoms with Gasteiger partial charge in [0.25, 0.3) is 5.91 Å². The molecule has 0 fully saturated rings. The molecule has 0 spiro atoms. The van der Waals surface area contributed by atoms with Crippen molar-refractivity contribution in [1.82, 2.24) is 5.32 Å². The van der Waals surface area contributed by atoms with Crippen molar-refractivity contribution in [3.05, 3.63) is 51.7 Å². The number of esters is 1. The van der Waals surface area contributed by atoms with Crippen molar-refractivity contribution in [2.75, 3.05) is 20.3 Å². The molecule has 1 heterocycles. The molecule has 1 N–H and O–H groups in total. The first-order valence-corrected chi connectivity index (χ1v) is 8.49. The van der Waals surface area contributed by atoms with E-state index in [2.05, 4.69) is 5.32 Å². The predicted octanol–water partition coefficient (Wildman–Crippen LogP) is 2.48. The lowest BCUT2D eigenvalue weighted by Gasteiger charge is -2.09. The van der Waals surface area contributed by atoms with E-state index < -0.39 is 5.97 Å². The monoisotopic (exact) mass is 361 g/mol. The van der Waals surface area contributed by atoms with E-state index in [1.165, 1.54) is 13.0 Å². The number of rotatable bonds is 8. The van der Waals surface area contributed by atoms with Crippen LogP contribution in [0.3, 0.4) is 0 Å². The standard InChI is InChI=1S/C18H19NO5S/c1-12(20)15-7-8-16(25-15)18(22)24-11-17(21)19-10-9-13-5-3-4-6-14(13)23-2/h3-8H,9-11H2,1-2H3,(H,19,21). The molecule has 2 rings (SSSR count). The highest BCUT2D eigenvalue weighted by Gasteiger charge is 2.14. The largest absolute Gasteiger partial charge is 0.496 e. The van der Waals surface area contributed by atoms with E-state index in [1.807, 2.05) is 24.3 Å². The first kappa shape index (κ1) is 18.7. The van der Waals surface area contributed by atoms with Crippen molar-refractivity contribution < 1.29 is 23.9 Å². The summed E-state index contributed by atoms with van der Waals surface area (Å²) in [6.45, 7) is 1.47. The third-order valence-electron chi connectivity index (χ3n) is 3.40. The first-order valence-electron chi connectivity index (χ1n) is 7.67. The third kappa shape index (κ3) is 5.42. The second kappa shape index (κ2) is 8.98. The van der Waals surface area contributed by atoms with Gasteiger partial charge in [0, 0.05) is 6.54 Å². The van der Waals surface area contributed by atoms with Gasteiger partial charge in [-0.25, -0.2) is 4.79 Å². The van der Waals surface area contributed by atoms with Crippen LogP contribution in [0.25, 0.3) is 0 Å². The Morgan fingerprint density at radius 2 is 1.80 bits per heavy atom. The van der Waals surface area contributed by atoms with Crippen molar-refractivity contribution in [3.63, 3.8) is 0 Å². The summed E-state index contributed by atoms with van der Waals surface area (Å²) in [4.78, 5) is 35.6. The maximum absolute atomic E-state index is 11.8. The highest BCUT2D eigenvalue weighted by Crippen LogP contribution is 2.18. The summed E-state index contributed by atoms with van der Waals surface area (Å²) in [5, 5.41) is 2.69. The summed E-state index contributed by atoms with van der Waals surface area (Å²) in [6.07, 6.45) is 0.608. The minimum Gasteiger partial charge on any atom is -0.496 e. The highest BCUT2D eigenvalue weighted by atomic mass is 32.1. The van der Waals surface area contributed by atoms with Crippen LogP contribution in [0.4, 0.5) is 0 Å². The zero-order valence-electron chi connectivity index (χ0n) is 14.0. The second-order valence-corrected chi connectivity index (χ2v) is 6.29. The molecule has 1 amide bonds. The second-order valence-electron chi connectivity index (χ2n) is 5.21. The van der Waals surface area contributed by atoms with Crippen molar-refractivity contribution >= 4 is 29.0 Å². The van der Waals surface area contributed by atoms with Gasteiger partial charge in [-0.3, -0.25) is 9.59 Å². The van der Waals surface area contributed by atoms with Gasteiger partial charge in [0.2, 0.25) is 0 Å². The van der Waals surface area contributed by atoms with Gasteiger partial charge in [-0.05, 0) is 37.1 Å². The molecule has 2 aromatic rings. The number of hydrogen-bond acceptors (Lipinski definition) is 6. The number of ketones is 1. The van der Waals surface area contributed by atoms with Crippen molar-refractivity contribution in [3.8, 4) is 5.75 Å². The van der Waals surface area contributed by atoms with Gasteiger partial charge < -0.3 is 14.8 Å². The number of thiophene rings is 1. The van der Waals surface area contributed by atoms with Crippen molar-refractivity contribution in [1.29, 1.82) is 0 Å². The zero-order valence-corrected chi connectivity index (χ0v) is 14.9. The van der Waals surface area contributed by atoms with E-state index in [-0.39, 0.29) is 18.3 Å². The number of benzene rings is 1. The fraction of sp³-hybridized carbons (Fsp3) is 0.278. The van der Waals surface area contributed by atoms with E-state index >= 15 is 0 Å². The van der Waals surface area contributed by atoms with Gasteiger partial charge in [-0.1, -0.05) is 18.2 Å². The van der Waals surface area contributed by atoms with Crippen molar-refractivity contribution in [2.45, 2.75) is 13.3 Å². The minimum atomic E-state index is -0.614. The lowest BCUT2D eigenvalue weighted by Crippen LogP contribution is -2.30. The fourth-order valence-corrected chi connectivity index (χ4v) is 2.93. The van der Waals surface area contributed by atoms with E-state index in [9.17, 15) is 14.4 Å². The molecule has 0 radical (unpaired) electrons. The molecule has 0 aliphatic heterocycles. The number of Topliss-reactive ketones (excluding diaryl/α,β-unsaturated/α-hetero) is 1. The van der Waals surface area contributed by atoms with Crippen LogP contribution in [0.2, 0.25) is 0 Å². The number of carbonyl (C=O) groups is 3. The molecule has 0 saturated heterocycles. The summed E-state index contributed by atoms with van der Waals surface area (Å²) in [5.74, 6) is -0.343. The van der Waals surface area contributed by atoms with Crippen LogP contribution in [0, 0.1) is 0 Å². The van der Waals surface area contributed by atoms with Crippen LogP contribution in [0.15, 0.2) is 36.4 Å². The Hall–Kier alpha value is -2.67. The molecule has 0 saturated carbocycles. The number of ether oxygens (including phenoxy) is 2. The first-order chi connectivity index (χ1) is 12.0. The topological polar surface area (TPSA) is 81.7 Å². The summed E-state index contributed by atoms with van der Waals surface area (Å²) >= 11 is 1.05. The van der Waals surface area contributed by atoms with Gasteiger partial charge in [0.15, 0.2) is 12.4 Å². The molecular formula is C18H19NO5S. The average Bonchev–Trinajstić information content (AvgIpc) is 3.10.